The van der Waals surface area contributed by atoms with Crippen LogP contribution >= 0.6 is 0 Å². The lowest BCUT2D eigenvalue weighted by atomic mass is 9.88. The zero-order valence-corrected chi connectivity index (χ0v) is 18.2. The zero-order valence-electron chi connectivity index (χ0n) is 18.2. The molecule has 0 aliphatic carbocycles. The molecular formula is C24H28N2O4. The van der Waals surface area contributed by atoms with Gasteiger partial charge in [0.2, 0.25) is 0 Å². The van der Waals surface area contributed by atoms with Crippen LogP contribution in [0.25, 0.3) is 5.70 Å². The van der Waals surface area contributed by atoms with Gasteiger partial charge in [0.1, 0.15) is 0 Å². The fourth-order valence-electron chi connectivity index (χ4n) is 4.27. The maximum Gasteiger partial charge on any atom is 0.161 e. The van der Waals surface area contributed by atoms with Gasteiger partial charge in [0, 0.05) is 29.9 Å². The van der Waals surface area contributed by atoms with Crippen molar-refractivity contribution in [3.05, 3.63) is 52.1 Å². The van der Waals surface area contributed by atoms with E-state index in [-0.39, 0.29) is 0 Å². The second-order valence-corrected chi connectivity index (χ2v) is 7.39. The van der Waals surface area contributed by atoms with Crippen molar-refractivity contribution < 1.29 is 18.9 Å². The van der Waals surface area contributed by atoms with Crippen molar-refractivity contribution in [2.24, 2.45) is 4.99 Å². The number of benzene rings is 2. The third-order valence-electron chi connectivity index (χ3n) is 5.82. The minimum atomic E-state index is 0.715. The van der Waals surface area contributed by atoms with Crippen LogP contribution in [0.15, 0.2) is 34.8 Å². The topological polar surface area (TPSA) is 61.3 Å². The Morgan fingerprint density at radius 2 is 1.30 bits per heavy atom. The highest BCUT2D eigenvalue weighted by atomic mass is 16.5. The van der Waals surface area contributed by atoms with Crippen LogP contribution in [0.2, 0.25) is 0 Å². The molecule has 0 spiro atoms. The van der Waals surface area contributed by atoms with Gasteiger partial charge >= 0.3 is 0 Å². The Bertz CT molecular complexity index is 1040. The van der Waals surface area contributed by atoms with E-state index in [1.165, 1.54) is 11.1 Å². The van der Waals surface area contributed by atoms with Crippen molar-refractivity contribution in [1.29, 1.82) is 0 Å². The van der Waals surface area contributed by atoms with E-state index in [2.05, 4.69) is 30.4 Å². The van der Waals surface area contributed by atoms with Crippen molar-refractivity contribution in [1.82, 2.24) is 5.32 Å². The number of rotatable bonds is 5. The molecule has 2 heterocycles. The molecule has 6 heteroatoms. The summed E-state index contributed by atoms with van der Waals surface area (Å²) in [5.74, 6) is 2.95. The average molecular weight is 408 g/mol. The predicted octanol–water partition coefficient (Wildman–Crippen LogP) is 3.64. The van der Waals surface area contributed by atoms with Gasteiger partial charge in [-0.05, 0) is 60.7 Å². The van der Waals surface area contributed by atoms with Crippen molar-refractivity contribution in [3.8, 4) is 23.0 Å². The summed E-state index contributed by atoms with van der Waals surface area (Å²) in [6.07, 6.45) is 1.82. The predicted molar refractivity (Wildman–Crippen MR) is 119 cm³/mol. The first-order valence-corrected chi connectivity index (χ1v) is 10.1. The van der Waals surface area contributed by atoms with E-state index in [1.807, 2.05) is 6.07 Å². The summed E-state index contributed by atoms with van der Waals surface area (Å²) in [6, 6.07) is 8.23. The molecule has 0 radical (unpaired) electrons. The van der Waals surface area contributed by atoms with E-state index in [1.54, 1.807) is 28.4 Å². The van der Waals surface area contributed by atoms with E-state index < -0.39 is 0 Å². The normalized spacial score (nSPS) is 16.5. The van der Waals surface area contributed by atoms with Crippen LogP contribution in [-0.2, 0) is 12.8 Å². The Hall–Kier alpha value is -3.15. The number of methoxy groups -OCH3 is 4. The molecule has 1 N–H and O–H groups in total. The van der Waals surface area contributed by atoms with Gasteiger partial charge in [0.25, 0.3) is 0 Å². The van der Waals surface area contributed by atoms with E-state index in [0.717, 1.165) is 71.3 Å². The van der Waals surface area contributed by atoms with Gasteiger partial charge in [-0.25, -0.2) is 0 Å². The summed E-state index contributed by atoms with van der Waals surface area (Å²) in [5.41, 5.74) is 7.87. The van der Waals surface area contributed by atoms with Crippen molar-refractivity contribution in [3.63, 3.8) is 0 Å². The molecule has 2 aliphatic heterocycles. The fourth-order valence-corrected chi connectivity index (χ4v) is 4.27. The molecule has 0 saturated heterocycles. The number of aliphatic imine (C=N–C) groups is 1. The maximum atomic E-state index is 5.55. The van der Waals surface area contributed by atoms with Crippen molar-refractivity contribution in [2.45, 2.75) is 19.8 Å². The monoisotopic (exact) mass is 408 g/mol. The summed E-state index contributed by atoms with van der Waals surface area (Å²) in [5, 5.41) is 3.59. The van der Waals surface area contributed by atoms with Gasteiger partial charge in [-0.2, -0.15) is 0 Å². The maximum absolute atomic E-state index is 5.55. The van der Waals surface area contributed by atoms with E-state index >= 15 is 0 Å². The molecule has 0 amide bonds. The lowest BCUT2D eigenvalue weighted by molar-refractivity contribution is 0.354. The van der Waals surface area contributed by atoms with Crippen LogP contribution in [0.4, 0.5) is 0 Å². The van der Waals surface area contributed by atoms with Gasteiger partial charge in [0.05, 0.1) is 34.2 Å². The molecule has 0 atom stereocenters. The van der Waals surface area contributed by atoms with Gasteiger partial charge in [-0.3, -0.25) is 4.99 Å². The smallest absolute Gasteiger partial charge is 0.161 e. The summed E-state index contributed by atoms with van der Waals surface area (Å²) in [4.78, 5) is 4.89. The van der Waals surface area contributed by atoms with Crippen LogP contribution < -0.4 is 24.3 Å². The van der Waals surface area contributed by atoms with Gasteiger partial charge in [-0.15, -0.1) is 0 Å². The molecule has 2 aromatic rings. The van der Waals surface area contributed by atoms with Crippen LogP contribution in [0.1, 0.15) is 29.2 Å². The quantitative estimate of drug-likeness (QED) is 0.818. The lowest BCUT2D eigenvalue weighted by Gasteiger charge is -2.27. The number of ether oxygens (including phenoxy) is 4. The van der Waals surface area contributed by atoms with E-state index in [4.69, 9.17) is 23.9 Å². The van der Waals surface area contributed by atoms with Crippen molar-refractivity contribution >= 4 is 11.4 Å². The highest BCUT2D eigenvalue weighted by Crippen LogP contribution is 2.38. The second-order valence-electron chi connectivity index (χ2n) is 7.39. The molecule has 0 saturated carbocycles. The first-order valence-electron chi connectivity index (χ1n) is 10.1. The minimum Gasteiger partial charge on any atom is -0.493 e. The molecular weight excluding hydrogens is 380 g/mol. The number of allylic oxidation sites excluding steroid dienone is 1. The molecule has 0 bridgehead atoms. The number of fused-ring (bicyclic) bond motifs is 2. The molecule has 2 aromatic carbocycles. The molecule has 6 nitrogen and oxygen atoms in total. The molecule has 2 aliphatic rings. The van der Waals surface area contributed by atoms with Crippen LogP contribution in [0, 0.1) is 0 Å². The Labute approximate surface area is 177 Å². The summed E-state index contributed by atoms with van der Waals surface area (Å²) in [6.45, 7) is 3.74. The Morgan fingerprint density at radius 3 is 1.90 bits per heavy atom. The highest BCUT2D eigenvalue weighted by Gasteiger charge is 2.25. The van der Waals surface area contributed by atoms with Gasteiger partial charge in [0.15, 0.2) is 23.0 Å². The zero-order chi connectivity index (χ0) is 21.3. The van der Waals surface area contributed by atoms with Gasteiger partial charge in [-0.1, -0.05) is 0 Å². The number of nitrogens with one attached hydrogen (secondary N) is 1. The molecule has 0 fully saturated rings. The Balaban J connectivity index is 1.85. The highest BCUT2D eigenvalue weighted by molar-refractivity contribution is 6.17. The number of hydrogen-bond acceptors (Lipinski definition) is 6. The molecule has 0 aromatic heterocycles. The fraction of sp³-hybridized carbons (Fsp3) is 0.375. The Kier molecular flexibility index (Phi) is 5.57. The third-order valence-corrected chi connectivity index (χ3v) is 5.82. The van der Waals surface area contributed by atoms with Crippen LogP contribution in [-0.4, -0.2) is 47.2 Å². The summed E-state index contributed by atoms with van der Waals surface area (Å²) < 4.78 is 22.1. The molecule has 30 heavy (non-hydrogen) atoms. The lowest BCUT2D eigenvalue weighted by Crippen LogP contribution is -2.26. The van der Waals surface area contributed by atoms with Crippen molar-refractivity contribution in [2.75, 3.05) is 41.5 Å². The third kappa shape index (κ3) is 3.36. The van der Waals surface area contributed by atoms with E-state index in [0.29, 0.717) is 5.75 Å². The molecule has 4 rings (SSSR count). The Morgan fingerprint density at radius 1 is 0.767 bits per heavy atom. The van der Waals surface area contributed by atoms with Crippen LogP contribution in [0.5, 0.6) is 23.0 Å². The second kappa shape index (κ2) is 8.30. The minimum absolute atomic E-state index is 0.715. The number of nitrogens with zero attached hydrogens (tertiary/aromatic N) is 1. The average Bonchev–Trinajstić information content (AvgIpc) is 2.80. The van der Waals surface area contributed by atoms with Crippen LogP contribution in [0.3, 0.4) is 0 Å². The largest absolute Gasteiger partial charge is 0.493 e. The molecule has 158 valence electrons. The molecule has 0 unspecified atom stereocenters. The standard InChI is InChI=1S/C24H28N2O4/c1-14(23-17-12-21(29-4)19(27-2)10-15(17)6-8-25-23)24-18-13-22(30-5)20(28-3)11-16(18)7-9-26-24/h10-13,25H,6-9H2,1-5H3. The first-order chi connectivity index (χ1) is 14.6. The number of hydrogen-bond donors (Lipinski definition) is 1. The summed E-state index contributed by atoms with van der Waals surface area (Å²) in [7, 11) is 6.66. The van der Waals surface area contributed by atoms with Gasteiger partial charge < -0.3 is 24.3 Å². The summed E-state index contributed by atoms with van der Waals surface area (Å²) >= 11 is 0. The van der Waals surface area contributed by atoms with E-state index in [9.17, 15) is 0 Å². The first kappa shape index (κ1) is 20.1. The SMILES string of the molecule is COc1cc2c(cc1OC)C(C(C)=C1NCCc3cc(OC)c(OC)cc31)=NCC2.